The van der Waals surface area contributed by atoms with Gasteiger partial charge in [-0.25, -0.2) is 0 Å². The van der Waals surface area contributed by atoms with Crippen molar-refractivity contribution in [2.45, 2.75) is 38.1 Å². The van der Waals surface area contributed by atoms with Crippen molar-refractivity contribution in [3.8, 4) is 0 Å². The summed E-state index contributed by atoms with van der Waals surface area (Å²) in [6, 6.07) is 9.54. The van der Waals surface area contributed by atoms with Gasteiger partial charge in [-0.3, -0.25) is 9.78 Å². The maximum atomic E-state index is 12.4. The van der Waals surface area contributed by atoms with Gasteiger partial charge in [0, 0.05) is 22.9 Å². The molecule has 2 N–H and O–H groups in total. The fourth-order valence-corrected chi connectivity index (χ4v) is 3.07. The summed E-state index contributed by atoms with van der Waals surface area (Å²) in [6.07, 6.45) is 9.09. The Morgan fingerprint density at radius 2 is 1.91 bits per heavy atom. The van der Waals surface area contributed by atoms with Gasteiger partial charge < -0.3 is 10.6 Å². The van der Waals surface area contributed by atoms with Crippen LogP contribution in [0.1, 0.15) is 42.5 Å². The lowest BCUT2D eigenvalue weighted by molar-refractivity contribution is 0.0927. The highest BCUT2D eigenvalue weighted by Gasteiger charge is 2.17. The quantitative estimate of drug-likeness (QED) is 0.865. The van der Waals surface area contributed by atoms with Crippen LogP contribution < -0.4 is 10.6 Å². The SMILES string of the molecule is O=C(NC1CCCCC1)c1cncc(Nc2cccc(Cl)c2)c1. The van der Waals surface area contributed by atoms with Crippen LogP contribution in [0.3, 0.4) is 0 Å². The van der Waals surface area contributed by atoms with E-state index in [0.717, 1.165) is 24.2 Å². The molecule has 1 amide bonds. The van der Waals surface area contributed by atoms with E-state index in [-0.39, 0.29) is 5.91 Å². The van der Waals surface area contributed by atoms with Gasteiger partial charge in [-0.2, -0.15) is 0 Å². The molecule has 0 unspecified atom stereocenters. The topological polar surface area (TPSA) is 54.0 Å². The Bertz CT molecular complexity index is 683. The number of nitrogens with one attached hydrogen (secondary N) is 2. The monoisotopic (exact) mass is 329 g/mol. The van der Waals surface area contributed by atoms with Gasteiger partial charge in [0.1, 0.15) is 0 Å². The van der Waals surface area contributed by atoms with Gasteiger partial charge in [-0.05, 0) is 37.1 Å². The number of carbonyl (C=O) groups excluding carboxylic acids is 1. The molecule has 3 rings (SSSR count). The maximum absolute atomic E-state index is 12.4. The largest absolute Gasteiger partial charge is 0.354 e. The first-order valence-corrected chi connectivity index (χ1v) is 8.37. The molecular weight excluding hydrogens is 310 g/mol. The van der Waals surface area contributed by atoms with Crippen LogP contribution in [0, 0.1) is 0 Å². The van der Waals surface area contributed by atoms with Crippen LogP contribution in [-0.4, -0.2) is 16.9 Å². The van der Waals surface area contributed by atoms with Crippen molar-refractivity contribution in [3.63, 3.8) is 0 Å². The molecule has 0 saturated heterocycles. The predicted octanol–water partition coefficient (Wildman–Crippen LogP) is 4.54. The highest BCUT2D eigenvalue weighted by atomic mass is 35.5. The van der Waals surface area contributed by atoms with Gasteiger partial charge >= 0.3 is 0 Å². The van der Waals surface area contributed by atoms with Crippen LogP contribution in [-0.2, 0) is 0 Å². The van der Waals surface area contributed by atoms with Gasteiger partial charge in [0.05, 0.1) is 17.4 Å². The Labute approximate surface area is 141 Å². The van der Waals surface area contributed by atoms with E-state index < -0.39 is 0 Å². The first-order chi connectivity index (χ1) is 11.2. The van der Waals surface area contributed by atoms with E-state index in [1.54, 1.807) is 12.4 Å². The molecule has 1 aliphatic carbocycles. The number of amides is 1. The third-order valence-electron chi connectivity index (χ3n) is 4.05. The van der Waals surface area contributed by atoms with Crippen molar-refractivity contribution in [2.24, 2.45) is 0 Å². The number of carbonyl (C=O) groups is 1. The summed E-state index contributed by atoms with van der Waals surface area (Å²) >= 11 is 5.98. The molecule has 5 heteroatoms. The summed E-state index contributed by atoms with van der Waals surface area (Å²) in [5.41, 5.74) is 2.20. The number of aromatic nitrogens is 1. The molecule has 1 aromatic heterocycles. The zero-order valence-corrected chi connectivity index (χ0v) is 13.6. The molecule has 0 bridgehead atoms. The van der Waals surface area contributed by atoms with Gasteiger partial charge in [-0.1, -0.05) is 36.9 Å². The minimum atomic E-state index is -0.0563. The number of hydrogen-bond donors (Lipinski definition) is 2. The number of benzene rings is 1. The van der Waals surface area contributed by atoms with Crippen LogP contribution in [0.25, 0.3) is 0 Å². The molecule has 1 heterocycles. The fraction of sp³-hybridized carbons (Fsp3) is 0.333. The van der Waals surface area contributed by atoms with Crippen LogP contribution in [0.15, 0.2) is 42.7 Å². The second kappa shape index (κ2) is 7.47. The van der Waals surface area contributed by atoms with Crippen LogP contribution in [0.2, 0.25) is 5.02 Å². The second-order valence-electron chi connectivity index (χ2n) is 5.91. The van der Waals surface area contributed by atoms with Crippen LogP contribution in [0.5, 0.6) is 0 Å². The Kier molecular flexibility index (Phi) is 5.13. The first kappa shape index (κ1) is 15.8. The standard InChI is InChI=1S/C18H20ClN3O/c19-14-5-4-8-16(10-14)21-17-9-13(11-20-12-17)18(23)22-15-6-2-1-3-7-15/h4-5,8-12,15,21H,1-3,6-7H2,(H,22,23). The molecular formula is C18H20ClN3O. The van der Waals surface area contributed by atoms with E-state index >= 15 is 0 Å². The summed E-state index contributed by atoms with van der Waals surface area (Å²) in [5, 5.41) is 6.99. The average molecular weight is 330 g/mol. The van der Waals surface area contributed by atoms with Crippen LogP contribution >= 0.6 is 11.6 Å². The highest BCUT2D eigenvalue weighted by Crippen LogP contribution is 2.21. The summed E-state index contributed by atoms with van der Waals surface area (Å²) in [7, 11) is 0. The molecule has 4 nitrogen and oxygen atoms in total. The number of nitrogens with zero attached hydrogens (tertiary/aromatic N) is 1. The van der Waals surface area contributed by atoms with E-state index in [1.807, 2.05) is 30.3 Å². The molecule has 1 fully saturated rings. The fourth-order valence-electron chi connectivity index (χ4n) is 2.88. The molecule has 0 radical (unpaired) electrons. The zero-order valence-electron chi connectivity index (χ0n) is 12.9. The van der Waals surface area contributed by atoms with E-state index in [0.29, 0.717) is 16.6 Å². The normalized spacial score (nSPS) is 15.2. The van der Waals surface area contributed by atoms with Crippen molar-refractivity contribution >= 4 is 28.9 Å². The predicted molar refractivity (Wildman–Crippen MR) is 93.3 cm³/mol. The van der Waals surface area contributed by atoms with Crippen molar-refractivity contribution < 1.29 is 4.79 Å². The highest BCUT2D eigenvalue weighted by molar-refractivity contribution is 6.30. The van der Waals surface area contributed by atoms with Crippen molar-refractivity contribution in [3.05, 3.63) is 53.3 Å². The first-order valence-electron chi connectivity index (χ1n) is 7.99. The molecule has 0 aliphatic heterocycles. The van der Waals surface area contributed by atoms with E-state index in [2.05, 4.69) is 15.6 Å². The van der Waals surface area contributed by atoms with E-state index in [4.69, 9.17) is 11.6 Å². The Morgan fingerprint density at radius 1 is 1.09 bits per heavy atom. The van der Waals surface area contributed by atoms with Gasteiger partial charge in [-0.15, -0.1) is 0 Å². The minimum absolute atomic E-state index is 0.0563. The number of hydrogen-bond acceptors (Lipinski definition) is 3. The Balaban J connectivity index is 1.67. The number of halogens is 1. The Morgan fingerprint density at radius 3 is 2.70 bits per heavy atom. The lowest BCUT2D eigenvalue weighted by atomic mass is 9.95. The van der Waals surface area contributed by atoms with Crippen molar-refractivity contribution in [1.29, 1.82) is 0 Å². The average Bonchev–Trinajstić information content (AvgIpc) is 2.56. The zero-order chi connectivity index (χ0) is 16.1. The molecule has 23 heavy (non-hydrogen) atoms. The maximum Gasteiger partial charge on any atom is 0.253 e. The number of pyridine rings is 1. The lowest BCUT2D eigenvalue weighted by Gasteiger charge is -2.22. The smallest absolute Gasteiger partial charge is 0.253 e. The second-order valence-corrected chi connectivity index (χ2v) is 6.34. The summed E-state index contributed by atoms with van der Waals surface area (Å²) in [5.74, 6) is -0.0563. The van der Waals surface area contributed by atoms with Gasteiger partial charge in [0.2, 0.25) is 0 Å². The van der Waals surface area contributed by atoms with Crippen molar-refractivity contribution in [1.82, 2.24) is 10.3 Å². The molecule has 1 aromatic carbocycles. The molecule has 2 aromatic rings. The molecule has 0 spiro atoms. The van der Waals surface area contributed by atoms with Crippen molar-refractivity contribution in [2.75, 3.05) is 5.32 Å². The molecule has 120 valence electrons. The molecule has 1 saturated carbocycles. The third kappa shape index (κ3) is 4.45. The van der Waals surface area contributed by atoms with E-state index in [9.17, 15) is 4.79 Å². The molecule has 1 aliphatic rings. The lowest BCUT2D eigenvalue weighted by Crippen LogP contribution is -2.36. The summed E-state index contributed by atoms with van der Waals surface area (Å²) in [4.78, 5) is 16.5. The number of rotatable bonds is 4. The van der Waals surface area contributed by atoms with Gasteiger partial charge in [0.25, 0.3) is 5.91 Å². The molecule has 0 atom stereocenters. The minimum Gasteiger partial charge on any atom is -0.354 e. The van der Waals surface area contributed by atoms with Crippen LogP contribution in [0.4, 0.5) is 11.4 Å². The summed E-state index contributed by atoms with van der Waals surface area (Å²) < 4.78 is 0. The Hall–Kier alpha value is -2.07. The summed E-state index contributed by atoms with van der Waals surface area (Å²) in [6.45, 7) is 0. The van der Waals surface area contributed by atoms with Gasteiger partial charge in [0.15, 0.2) is 0 Å². The third-order valence-corrected chi connectivity index (χ3v) is 4.29. The van der Waals surface area contributed by atoms with E-state index in [1.165, 1.54) is 19.3 Å². The number of anilines is 2.